The van der Waals surface area contributed by atoms with Gasteiger partial charge in [-0.1, -0.05) is 65.8 Å². The normalized spacial score (nSPS) is 41.0. The zero-order valence-corrected chi connectivity index (χ0v) is 12.5. The number of hydrogen-bond donors (Lipinski definition) is 0. The summed E-state index contributed by atoms with van der Waals surface area (Å²) in [5.74, 6) is 0. The van der Waals surface area contributed by atoms with E-state index in [1.165, 1.54) is 38.5 Å². The van der Waals surface area contributed by atoms with Crippen molar-refractivity contribution in [2.24, 2.45) is 0 Å². The van der Waals surface area contributed by atoms with Crippen LogP contribution in [0.3, 0.4) is 0 Å². The van der Waals surface area contributed by atoms with E-state index in [0.717, 1.165) is 11.3 Å². The molecule has 2 aliphatic rings. The molecule has 0 spiro atoms. The first kappa shape index (κ1) is 13.3. The maximum absolute atomic E-state index is 2.58. The Kier molecular flexibility index (Phi) is 4.47. The summed E-state index contributed by atoms with van der Waals surface area (Å²) in [7, 11) is 0.180. The SMILES string of the molecule is CCCCC1(P2C(C)CCC2C)C=CC=CC1. The highest BCUT2D eigenvalue weighted by Gasteiger charge is 2.44. The first-order valence-corrected chi connectivity index (χ1v) is 8.80. The van der Waals surface area contributed by atoms with Gasteiger partial charge >= 0.3 is 0 Å². The average molecular weight is 250 g/mol. The lowest BCUT2D eigenvalue weighted by Crippen LogP contribution is -2.29. The van der Waals surface area contributed by atoms with Crippen LogP contribution in [0.4, 0.5) is 0 Å². The van der Waals surface area contributed by atoms with Gasteiger partial charge < -0.3 is 0 Å². The van der Waals surface area contributed by atoms with Crippen LogP contribution < -0.4 is 0 Å². The van der Waals surface area contributed by atoms with Crippen molar-refractivity contribution >= 4 is 7.92 Å². The summed E-state index contributed by atoms with van der Waals surface area (Å²) in [5.41, 5.74) is 1.96. The van der Waals surface area contributed by atoms with Crippen LogP contribution in [0.25, 0.3) is 0 Å². The first-order valence-electron chi connectivity index (χ1n) is 7.32. The Morgan fingerprint density at radius 2 is 1.88 bits per heavy atom. The van der Waals surface area contributed by atoms with Crippen molar-refractivity contribution in [3.8, 4) is 0 Å². The Morgan fingerprint density at radius 3 is 2.41 bits per heavy atom. The Bertz CT molecular complexity index is 295. The summed E-state index contributed by atoms with van der Waals surface area (Å²) in [6.45, 7) is 7.34. The van der Waals surface area contributed by atoms with Gasteiger partial charge in [-0.3, -0.25) is 0 Å². The topological polar surface area (TPSA) is 0 Å². The molecule has 1 heteroatoms. The lowest BCUT2D eigenvalue weighted by molar-refractivity contribution is 0.585. The Morgan fingerprint density at radius 1 is 1.18 bits per heavy atom. The van der Waals surface area contributed by atoms with Gasteiger partial charge in [0.05, 0.1) is 0 Å². The summed E-state index contributed by atoms with van der Waals surface area (Å²) in [6.07, 6.45) is 18.0. The van der Waals surface area contributed by atoms with Crippen molar-refractivity contribution in [1.29, 1.82) is 0 Å². The van der Waals surface area contributed by atoms with E-state index >= 15 is 0 Å². The molecule has 96 valence electrons. The molecule has 3 unspecified atom stereocenters. The van der Waals surface area contributed by atoms with Crippen LogP contribution in [0, 0.1) is 0 Å². The lowest BCUT2D eigenvalue weighted by atomic mass is 9.94. The minimum atomic E-state index is 0.180. The third-order valence-corrected chi connectivity index (χ3v) is 8.55. The van der Waals surface area contributed by atoms with E-state index in [-0.39, 0.29) is 7.92 Å². The molecule has 0 aromatic rings. The second kappa shape index (κ2) is 5.70. The van der Waals surface area contributed by atoms with Crippen LogP contribution in [0.15, 0.2) is 24.3 Å². The van der Waals surface area contributed by atoms with E-state index in [1.807, 2.05) is 0 Å². The van der Waals surface area contributed by atoms with Crippen LogP contribution in [-0.4, -0.2) is 16.5 Å². The minimum absolute atomic E-state index is 0.180. The molecular formula is C16H27P. The van der Waals surface area contributed by atoms with Gasteiger partial charge in [-0.2, -0.15) is 0 Å². The van der Waals surface area contributed by atoms with Crippen molar-refractivity contribution in [3.63, 3.8) is 0 Å². The van der Waals surface area contributed by atoms with E-state index in [0.29, 0.717) is 5.16 Å². The second-order valence-corrected chi connectivity index (χ2v) is 9.35. The summed E-state index contributed by atoms with van der Waals surface area (Å²) < 4.78 is 0. The van der Waals surface area contributed by atoms with Gasteiger partial charge in [0.2, 0.25) is 0 Å². The van der Waals surface area contributed by atoms with E-state index in [1.54, 1.807) is 0 Å². The molecule has 17 heavy (non-hydrogen) atoms. The van der Waals surface area contributed by atoms with Gasteiger partial charge in [0, 0.05) is 5.16 Å². The van der Waals surface area contributed by atoms with E-state index in [2.05, 4.69) is 45.1 Å². The van der Waals surface area contributed by atoms with Crippen molar-refractivity contribution < 1.29 is 0 Å². The standard InChI is InChI=1S/C16H27P/c1-4-5-11-16(12-7-6-8-13-16)17-14(2)9-10-15(17)3/h6-8,12,14-15H,4-5,9-11,13H2,1-3H3. The van der Waals surface area contributed by atoms with Crippen LogP contribution in [0.1, 0.15) is 59.3 Å². The molecule has 0 aromatic heterocycles. The third kappa shape index (κ3) is 2.68. The van der Waals surface area contributed by atoms with Crippen molar-refractivity contribution in [3.05, 3.63) is 24.3 Å². The molecule has 0 bridgehead atoms. The van der Waals surface area contributed by atoms with Crippen LogP contribution in [0.5, 0.6) is 0 Å². The highest BCUT2D eigenvalue weighted by molar-refractivity contribution is 7.61. The van der Waals surface area contributed by atoms with Crippen molar-refractivity contribution in [2.75, 3.05) is 0 Å². The smallest absolute Gasteiger partial charge is 0.0126 e. The predicted molar refractivity (Wildman–Crippen MR) is 80.2 cm³/mol. The van der Waals surface area contributed by atoms with E-state index < -0.39 is 0 Å². The number of hydrogen-bond acceptors (Lipinski definition) is 0. The maximum Gasteiger partial charge on any atom is 0.0126 e. The molecule has 1 aliphatic heterocycles. The van der Waals surface area contributed by atoms with Gasteiger partial charge in [-0.25, -0.2) is 0 Å². The van der Waals surface area contributed by atoms with Crippen LogP contribution in [-0.2, 0) is 0 Å². The summed E-state index contributed by atoms with van der Waals surface area (Å²) >= 11 is 0. The molecule has 1 aliphatic carbocycles. The van der Waals surface area contributed by atoms with Gasteiger partial charge in [0.15, 0.2) is 0 Å². The number of rotatable bonds is 4. The fourth-order valence-electron chi connectivity index (χ4n) is 3.72. The molecule has 0 saturated carbocycles. The zero-order valence-electron chi connectivity index (χ0n) is 11.7. The van der Waals surface area contributed by atoms with Crippen molar-refractivity contribution in [2.45, 2.75) is 75.8 Å². The van der Waals surface area contributed by atoms with Crippen molar-refractivity contribution in [1.82, 2.24) is 0 Å². The summed E-state index contributed by atoms with van der Waals surface area (Å²) in [4.78, 5) is 0. The molecule has 0 amide bonds. The Hall–Kier alpha value is -0.0900. The van der Waals surface area contributed by atoms with E-state index in [9.17, 15) is 0 Å². The molecule has 2 rings (SSSR count). The molecule has 1 fully saturated rings. The minimum Gasteiger partial charge on any atom is -0.0903 e. The third-order valence-electron chi connectivity index (χ3n) is 4.55. The van der Waals surface area contributed by atoms with Crippen LogP contribution >= 0.6 is 7.92 Å². The first-order chi connectivity index (χ1) is 8.19. The molecule has 0 aromatic carbocycles. The quantitative estimate of drug-likeness (QED) is 0.579. The zero-order chi connectivity index (χ0) is 12.3. The average Bonchev–Trinajstić information content (AvgIpc) is 2.68. The summed E-state index contributed by atoms with van der Waals surface area (Å²) in [5, 5.41) is 0.551. The highest BCUT2D eigenvalue weighted by atomic mass is 31.1. The monoisotopic (exact) mass is 250 g/mol. The molecular weight excluding hydrogens is 223 g/mol. The molecule has 0 radical (unpaired) electrons. The van der Waals surface area contributed by atoms with Gasteiger partial charge in [0.25, 0.3) is 0 Å². The van der Waals surface area contributed by atoms with Gasteiger partial charge in [-0.05, 0) is 37.0 Å². The van der Waals surface area contributed by atoms with Gasteiger partial charge in [-0.15, -0.1) is 0 Å². The summed E-state index contributed by atoms with van der Waals surface area (Å²) in [6, 6.07) is 0. The highest BCUT2D eigenvalue weighted by Crippen LogP contribution is 2.67. The maximum atomic E-state index is 2.58. The molecule has 0 nitrogen and oxygen atoms in total. The molecule has 1 saturated heterocycles. The second-order valence-electron chi connectivity index (χ2n) is 5.88. The molecule has 1 heterocycles. The molecule has 0 N–H and O–H groups in total. The lowest BCUT2D eigenvalue weighted by Gasteiger charge is -2.42. The predicted octanol–water partition coefficient (Wildman–Crippen LogP) is 5.48. The van der Waals surface area contributed by atoms with Crippen LogP contribution in [0.2, 0.25) is 0 Å². The fourth-order valence-corrected chi connectivity index (χ4v) is 8.18. The number of allylic oxidation sites excluding steroid dienone is 4. The fraction of sp³-hybridized carbons (Fsp3) is 0.750. The number of unbranched alkanes of at least 4 members (excludes halogenated alkanes) is 1. The van der Waals surface area contributed by atoms with E-state index in [4.69, 9.17) is 0 Å². The van der Waals surface area contributed by atoms with Gasteiger partial charge in [0.1, 0.15) is 0 Å². The largest absolute Gasteiger partial charge is 0.0903 e. The Labute approximate surface area is 108 Å². The Balaban J connectivity index is 2.20. The molecule has 3 atom stereocenters.